The second-order valence-electron chi connectivity index (χ2n) is 8.37. The highest BCUT2D eigenvalue weighted by atomic mass is 32.2. The predicted octanol–water partition coefficient (Wildman–Crippen LogP) is 5.53. The summed E-state index contributed by atoms with van der Waals surface area (Å²) in [7, 11) is -4.67. The minimum Gasteiger partial charge on any atom is -0.223 e. The molecule has 0 aliphatic heterocycles. The first kappa shape index (κ1) is 18.7. The molecule has 1 aromatic rings. The number of sulfone groups is 1. The zero-order chi connectivity index (χ0) is 17.1. The predicted molar refractivity (Wildman–Crippen MR) is 101 cm³/mol. The zero-order valence-corrected chi connectivity index (χ0v) is 17.0. The van der Waals surface area contributed by atoms with Crippen LogP contribution in [0.15, 0.2) is 35.2 Å². The summed E-state index contributed by atoms with van der Waals surface area (Å²) in [5.41, 5.74) is 0. The fourth-order valence-electron chi connectivity index (χ4n) is 3.91. The van der Waals surface area contributed by atoms with Crippen LogP contribution in [-0.2, 0) is 9.84 Å². The van der Waals surface area contributed by atoms with Gasteiger partial charge in [0.1, 0.15) is 0 Å². The van der Waals surface area contributed by atoms with Gasteiger partial charge in [0.15, 0.2) is 9.84 Å². The summed E-state index contributed by atoms with van der Waals surface area (Å²) in [6.07, 6.45) is 6.86. The second kappa shape index (κ2) is 7.10. The molecular weight excluding hydrogens is 320 g/mol. The molecule has 0 saturated heterocycles. The number of benzene rings is 1. The second-order valence-corrected chi connectivity index (χ2v) is 16.1. The molecule has 1 aliphatic carbocycles. The molecule has 2 nitrogen and oxygen atoms in total. The van der Waals surface area contributed by atoms with Crippen LogP contribution in [0, 0.1) is 5.92 Å². The van der Waals surface area contributed by atoms with Crippen LogP contribution in [0.1, 0.15) is 45.4 Å². The average molecular weight is 353 g/mol. The Bertz CT molecular complexity index is 604. The van der Waals surface area contributed by atoms with Crippen molar-refractivity contribution in [3.8, 4) is 0 Å². The van der Waals surface area contributed by atoms with Crippen LogP contribution in [0.25, 0.3) is 0 Å². The molecule has 23 heavy (non-hydrogen) atoms. The van der Waals surface area contributed by atoms with E-state index in [9.17, 15) is 8.42 Å². The summed E-state index contributed by atoms with van der Waals surface area (Å²) in [5.74, 6) is 0.372. The number of unbranched alkanes of at least 4 members (excludes halogenated alkanes) is 3. The van der Waals surface area contributed by atoms with Crippen molar-refractivity contribution in [2.45, 2.75) is 80.8 Å². The summed E-state index contributed by atoms with van der Waals surface area (Å²) < 4.78 is 26.2. The fraction of sp³-hybridized carbons (Fsp3) is 0.684. The maximum Gasteiger partial charge on any atom is 0.184 e. The maximum atomic E-state index is 13.3. The van der Waals surface area contributed by atoms with Gasteiger partial charge in [0, 0.05) is 8.07 Å². The first-order chi connectivity index (χ1) is 10.7. The van der Waals surface area contributed by atoms with E-state index in [1.54, 1.807) is 12.1 Å². The molecule has 2 rings (SSSR count). The average Bonchev–Trinajstić information content (AvgIpc) is 3.17. The SMILES string of the molecule is CCCCCCC1CC1(C[Si](C)(C)C)S(=O)(=O)c1ccccc1. The van der Waals surface area contributed by atoms with E-state index in [0.717, 1.165) is 18.9 Å². The molecule has 2 unspecified atom stereocenters. The number of hydrogen-bond donors (Lipinski definition) is 0. The molecule has 0 bridgehead atoms. The summed E-state index contributed by atoms with van der Waals surface area (Å²) in [5, 5.41) is 0. The minimum absolute atomic E-state index is 0.372. The van der Waals surface area contributed by atoms with E-state index >= 15 is 0 Å². The molecule has 1 saturated carbocycles. The number of hydrogen-bond acceptors (Lipinski definition) is 2. The Hall–Kier alpha value is -0.613. The van der Waals surface area contributed by atoms with Crippen LogP contribution >= 0.6 is 0 Å². The highest BCUT2D eigenvalue weighted by molar-refractivity contribution is 7.93. The van der Waals surface area contributed by atoms with Crippen molar-refractivity contribution < 1.29 is 8.42 Å². The van der Waals surface area contributed by atoms with E-state index < -0.39 is 22.7 Å². The maximum absolute atomic E-state index is 13.3. The van der Waals surface area contributed by atoms with E-state index in [4.69, 9.17) is 0 Å². The van der Waals surface area contributed by atoms with Crippen LogP contribution in [0.4, 0.5) is 0 Å². The highest BCUT2D eigenvalue weighted by Crippen LogP contribution is 2.59. The van der Waals surface area contributed by atoms with Crippen LogP contribution < -0.4 is 0 Å². The molecule has 0 radical (unpaired) electrons. The Labute approximate surface area is 143 Å². The van der Waals surface area contributed by atoms with Crippen molar-refractivity contribution >= 4 is 17.9 Å². The Balaban J connectivity index is 2.20. The van der Waals surface area contributed by atoms with Crippen molar-refractivity contribution in [1.82, 2.24) is 0 Å². The molecule has 1 aliphatic rings. The van der Waals surface area contributed by atoms with Crippen molar-refractivity contribution in [1.29, 1.82) is 0 Å². The van der Waals surface area contributed by atoms with Gasteiger partial charge in [-0.25, -0.2) is 8.42 Å². The third-order valence-electron chi connectivity index (χ3n) is 5.00. The molecule has 0 amide bonds. The van der Waals surface area contributed by atoms with E-state index in [0.29, 0.717) is 10.8 Å². The van der Waals surface area contributed by atoms with Gasteiger partial charge in [-0.3, -0.25) is 0 Å². The van der Waals surface area contributed by atoms with E-state index in [1.807, 2.05) is 18.2 Å². The van der Waals surface area contributed by atoms with Crippen LogP contribution in [0.2, 0.25) is 25.7 Å². The van der Waals surface area contributed by atoms with Gasteiger partial charge in [-0.05, 0) is 36.9 Å². The first-order valence-electron chi connectivity index (χ1n) is 9.03. The third-order valence-corrected chi connectivity index (χ3v) is 9.56. The molecule has 1 fully saturated rings. The van der Waals surface area contributed by atoms with Gasteiger partial charge < -0.3 is 0 Å². The van der Waals surface area contributed by atoms with Crippen LogP contribution in [-0.4, -0.2) is 21.2 Å². The summed E-state index contributed by atoms with van der Waals surface area (Å²) in [6, 6.07) is 10.0. The lowest BCUT2D eigenvalue weighted by molar-refractivity contribution is 0.550. The van der Waals surface area contributed by atoms with Crippen LogP contribution in [0.5, 0.6) is 0 Å². The highest BCUT2D eigenvalue weighted by Gasteiger charge is 2.63. The van der Waals surface area contributed by atoms with Crippen molar-refractivity contribution in [2.75, 3.05) is 0 Å². The standard InChI is InChI=1S/C19H32O2SSi/c1-5-6-7-9-12-17-15-19(17,16-23(2,3)4)22(20,21)18-13-10-8-11-14-18/h8,10-11,13-14,17H,5-7,9,12,15-16H2,1-4H3. The minimum atomic E-state index is -3.22. The molecule has 0 N–H and O–H groups in total. The van der Waals surface area contributed by atoms with Gasteiger partial charge in [0.25, 0.3) is 0 Å². The molecular formula is C19H32O2SSi. The molecule has 4 heteroatoms. The molecule has 2 atom stereocenters. The van der Waals surface area contributed by atoms with Gasteiger partial charge in [-0.15, -0.1) is 0 Å². The van der Waals surface area contributed by atoms with Crippen LogP contribution in [0.3, 0.4) is 0 Å². The summed E-state index contributed by atoms with van der Waals surface area (Å²) in [6.45, 7) is 9.09. The Morgan fingerprint density at radius 1 is 1.09 bits per heavy atom. The normalized spacial score (nSPS) is 24.6. The molecule has 0 spiro atoms. The van der Waals surface area contributed by atoms with Crippen molar-refractivity contribution in [2.24, 2.45) is 5.92 Å². The lowest BCUT2D eigenvalue weighted by atomic mass is 10.1. The van der Waals surface area contributed by atoms with Gasteiger partial charge in [0.2, 0.25) is 0 Å². The first-order valence-corrected chi connectivity index (χ1v) is 14.2. The Kier molecular flexibility index (Phi) is 5.78. The van der Waals surface area contributed by atoms with Gasteiger partial charge >= 0.3 is 0 Å². The van der Waals surface area contributed by atoms with Gasteiger partial charge in [-0.1, -0.05) is 70.4 Å². The third kappa shape index (κ3) is 4.27. The lowest BCUT2D eigenvalue weighted by Gasteiger charge is -2.26. The van der Waals surface area contributed by atoms with E-state index in [1.165, 1.54) is 25.7 Å². The molecule has 1 aromatic carbocycles. The summed E-state index contributed by atoms with van der Waals surface area (Å²) >= 11 is 0. The molecule has 0 aromatic heterocycles. The molecule has 0 heterocycles. The quantitative estimate of drug-likeness (QED) is 0.432. The fourth-order valence-corrected chi connectivity index (χ4v) is 10.2. The Morgan fingerprint density at radius 3 is 2.30 bits per heavy atom. The van der Waals surface area contributed by atoms with E-state index in [-0.39, 0.29) is 0 Å². The van der Waals surface area contributed by atoms with Crippen molar-refractivity contribution in [3.63, 3.8) is 0 Å². The van der Waals surface area contributed by atoms with E-state index in [2.05, 4.69) is 26.6 Å². The smallest absolute Gasteiger partial charge is 0.184 e. The van der Waals surface area contributed by atoms with Crippen molar-refractivity contribution in [3.05, 3.63) is 30.3 Å². The molecule has 130 valence electrons. The monoisotopic (exact) mass is 352 g/mol. The lowest BCUT2D eigenvalue weighted by Crippen LogP contribution is -2.35. The van der Waals surface area contributed by atoms with Gasteiger partial charge in [-0.2, -0.15) is 0 Å². The van der Waals surface area contributed by atoms with Gasteiger partial charge in [0.05, 0.1) is 9.64 Å². The summed E-state index contributed by atoms with van der Waals surface area (Å²) in [4.78, 5) is 0.523. The number of rotatable bonds is 9. The topological polar surface area (TPSA) is 34.1 Å². The largest absolute Gasteiger partial charge is 0.223 e. The zero-order valence-electron chi connectivity index (χ0n) is 15.1. The Morgan fingerprint density at radius 2 is 1.74 bits per heavy atom.